The van der Waals surface area contributed by atoms with Gasteiger partial charge in [0.25, 0.3) is 5.91 Å². The minimum absolute atomic E-state index is 0.0471. The predicted molar refractivity (Wildman–Crippen MR) is 141 cm³/mol. The van der Waals surface area contributed by atoms with E-state index in [2.05, 4.69) is 22.3 Å². The Morgan fingerprint density at radius 2 is 1.60 bits per heavy atom. The number of hydrogen-bond acceptors (Lipinski definition) is 5. The van der Waals surface area contributed by atoms with Crippen molar-refractivity contribution in [2.24, 2.45) is 0 Å². The van der Waals surface area contributed by atoms with Crippen molar-refractivity contribution in [2.45, 2.75) is 25.6 Å². The molecule has 3 N–H and O–H groups in total. The molecule has 0 unspecified atom stereocenters. The molecule has 0 radical (unpaired) electrons. The minimum Gasteiger partial charge on any atom is -0.480 e. The molecule has 0 bridgehead atoms. The number of nitrogens with zero attached hydrogens (tertiary/aromatic N) is 1. The molecular formula is C28H32N2O4S. The lowest BCUT2D eigenvalue weighted by atomic mass is 9.96. The molecule has 184 valence electrons. The van der Waals surface area contributed by atoms with Gasteiger partial charge < -0.3 is 15.5 Å². The summed E-state index contributed by atoms with van der Waals surface area (Å²) in [4.78, 5) is 27.0. The van der Waals surface area contributed by atoms with Crippen molar-refractivity contribution in [2.75, 3.05) is 25.2 Å². The van der Waals surface area contributed by atoms with Crippen molar-refractivity contribution in [1.29, 1.82) is 0 Å². The highest BCUT2D eigenvalue weighted by atomic mass is 32.2. The molecule has 0 saturated carbocycles. The van der Waals surface area contributed by atoms with Crippen LogP contribution in [0.4, 0.5) is 0 Å². The van der Waals surface area contributed by atoms with Gasteiger partial charge in [-0.2, -0.15) is 11.8 Å². The first kappa shape index (κ1) is 26.5. The number of carbonyl (C=O) groups is 2. The number of rotatable bonds is 13. The average molecular weight is 493 g/mol. The molecule has 1 amide bonds. The summed E-state index contributed by atoms with van der Waals surface area (Å²) in [5.74, 6) is -0.796. The second-order valence-corrected chi connectivity index (χ2v) is 9.30. The van der Waals surface area contributed by atoms with Crippen molar-refractivity contribution in [3.8, 4) is 11.1 Å². The quantitative estimate of drug-likeness (QED) is 0.330. The summed E-state index contributed by atoms with van der Waals surface area (Å²) in [5.41, 5.74) is 4.23. The first-order valence-corrected chi connectivity index (χ1v) is 13.0. The molecule has 35 heavy (non-hydrogen) atoms. The summed E-state index contributed by atoms with van der Waals surface area (Å²) < 4.78 is 0. The van der Waals surface area contributed by atoms with E-state index in [9.17, 15) is 19.8 Å². The molecule has 1 atom stereocenters. The van der Waals surface area contributed by atoms with Crippen LogP contribution in [0, 0.1) is 0 Å². The summed E-state index contributed by atoms with van der Waals surface area (Å²) in [6, 6.07) is 24.4. The van der Waals surface area contributed by atoms with Crippen molar-refractivity contribution in [3.05, 3.63) is 95.6 Å². The Labute approximate surface area is 211 Å². The van der Waals surface area contributed by atoms with Gasteiger partial charge in [0.1, 0.15) is 6.04 Å². The fourth-order valence-corrected chi connectivity index (χ4v) is 4.40. The van der Waals surface area contributed by atoms with Gasteiger partial charge in [0.05, 0.1) is 6.61 Å². The van der Waals surface area contributed by atoms with Gasteiger partial charge in [0.15, 0.2) is 0 Å². The number of aliphatic hydroxyl groups excluding tert-OH is 1. The van der Waals surface area contributed by atoms with Gasteiger partial charge in [-0.15, -0.1) is 0 Å². The SMILES string of the molecule is CSCC[C@H](NC(=O)c1ccc(CN(CCO)Cc2ccccc2)cc1-c1ccccc1)C(=O)O. The molecule has 7 heteroatoms. The zero-order valence-electron chi connectivity index (χ0n) is 19.9. The summed E-state index contributed by atoms with van der Waals surface area (Å²) in [5, 5.41) is 21.8. The Bertz CT molecular complexity index is 1090. The van der Waals surface area contributed by atoms with Crippen molar-refractivity contribution >= 4 is 23.6 Å². The highest BCUT2D eigenvalue weighted by Gasteiger charge is 2.22. The number of carboxylic acids is 1. The number of carboxylic acid groups (broad SMARTS) is 1. The van der Waals surface area contributed by atoms with Gasteiger partial charge in [0, 0.05) is 25.2 Å². The number of aliphatic hydroxyl groups is 1. The highest BCUT2D eigenvalue weighted by Crippen LogP contribution is 2.26. The number of amides is 1. The maximum Gasteiger partial charge on any atom is 0.326 e. The fraction of sp³-hybridized carbons (Fsp3) is 0.286. The van der Waals surface area contributed by atoms with Crippen LogP contribution in [-0.4, -0.2) is 58.2 Å². The monoisotopic (exact) mass is 492 g/mol. The zero-order valence-corrected chi connectivity index (χ0v) is 20.7. The maximum absolute atomic E-state index is 13.2. The molecule has 3 rings (SSSR count). The number of nitrogens with one attached hydrogen (secondary N) is 1. The van der Waals surface area contributed by atoms with E-state index >= 15 is 0 Å². The topological polar surface area (TPSA) is 89.9 Å². The van der Waals surface area contributed by atoms with Crippen LogP contribution in [-0.2, 0) is 17.9 Å². The minimum atomic E-state index is -1.04. The molecule has 0 aliphatic heterocycles. The second kappa shape index (κ2) is 13.7. The lowest BCUT2D eigenvalue weighted by Gasteiger charge is -2.23. The van der Waals surface area contributed by atoms with Crippen LogP contribution in [0.1, 0.15) is 27.9 Å². The highest BCUT2D eigenvalue weighted by molar-refractivity contribution is 7.98. The smallest absolute Gasteiger partial charge is 0.326 e. The van der Waals surface area contributed by atoms with Crippen molar-refractivity contribution in [1.82, 2.24) is 10.2 Å². The van der Waals surface area contributed by atoms with E-state index in [1.165, 1.54) is 0 Å². The van der Waals surface area contributed by atoms with E-state index in [4.69, 9.17) is 0 Å². The van der Waals surface area contributed by atoms with Crippen LogP contribution in [0.15, 0.2) is 78.9 Å². The molecule has 0 saturated heterocycles. The Kier molecular flexibility index (Phi) is 10.3. The Hall–Kier alpha value is -3.13. The molecule has 0 heterocycles. The van der Waals surface area contributed by atoms with Gasteiger partial charge in [-0.25, -0.2) is 4.79 Å². The molecule has 6 nitrogen and oxygen atoms in total. The zero-order chi connectivity index (χ0) is 25.0. The molecule has 3 aromatic rings. The van der Waals surface area contributed by atoms with Gasteiger partial charge in [-0.05, 0) is 52.8 Å². The molecule has 0 spiro atoms. The normalized spacial score (nSPS) is 11.9. The lowest BCUT2D eigenvalue weighted by Crippen LogP contribution is -2.41. The number of carbonyl (C=O) groups excluding carboxylic acids is 1. The Morgan fingerprint density at radius 1 is 0.943 bits per heavy atom. The van der Waals surface area contributed by atoms with Gasteiger partial charge in [-0.3, -0.25) is 9.69 Å². The van der Waals surface area contributed by atoms with Crippen LogP contribution < -0.4 is 5.32 Å². The number of hydrogen-bond donors (Lipinski definition) is 3. The molecule has 3 aromatic carbocycles. The van der Waals surface area contributed by atoms with Crippen LogP contribution in [0.2, 0.25) is 0 Å². The lowest BCUT2D eigenvalue weighted by molar-refractivity contribution is -0.139. The third-order valence-electron chi connectivity index (χ3n) is 5.70. The molecule has 0 aliphatic carbocycles. The fourth-order valence-electron chi connectivity index (χ4n) is 3.93. The van der Waals surface area contributed by atoms with E-state index in [0.717, 1.165) is 22.3 Å². The molecule has 0 fully saturated rings. The Morgan fingerprint density at radius 3 is 2.23 bits per heavy atom. The number of thioether (sulfide) groups is 1. The summed E-state index contributed by atoms with van der Waals surface area (Å²) in [7, 11) is 0. The van der Waals surface area contributed by atoms with Crippen LogP contribution in [0.3, 0.4) is 0 Å². The number of benzene rings is 3. The molecular weight excluding hydrogens is 460 g/mol. The van der Waals surface area contributed by atoms with Gasteiger partial charge in [0.2, 0.25) is 0 Å². The maximum atomic E-state index is 13.2. The van der Waals surface area contributed by atoms with E-state index in [-0.39, 0.29) is 6.61 Å². The van der Waals surface area contributed by atoms with Gasteiger partial charge >= 0.3 is 5.97 Å². The summed E-state index contributed by atoms with van der Waals surface area (Å²) in [6.07, 6.45) is 2.27. The van der Waals surface area contributed by atoms with Crippen LogP contribution in [0.25, 0.3) is 11.1 Å². The van der Waals surface area contributed by atoms with E-state index in [1.807, 2.05) is 66.9 Å². The van der Waals surface area contributed by atoms with Crippen molar-refractivity contribution < 1.29 is 19.8 Å². The third-order valence-corrected chi connectivity index (χ3v) is 6.34. The van der Waals surface area contributed by atoms with Crippen molar-refractivity contribution in [3.63, 3.8) is 0 Å². The van der Waals surface area contributed by atoms with E-state index in [0.29, 0.717) is 37.4 Å². The molecule has 0 aromatic heterocycles. The van der Waals surface area contributed by atoms with E-state index < -0.39 is 17.9 Å². The van der Waals surface area contributed by atoms with Crippen LogP contribution in [0.5, 0.6) is 0 Å². The largest absolute Gasteiger partial charge is 0.480 e. The molecule has 0 aliphatic rings. The van der Waals surface area contributed by atoms with E-state index in [1.54, 1.807) is 17.8 Å². The standard InChI is InChI=1S/C28H32N2O4S/c1-35-17-14-26(28(33)34)29-27(32)24-13-12-22(18-25(24)23-10-6-3-7-11-23)20-30(15-16-31)19-21-8-4-2-5-9-21/h2-13,18,26,31H,14-17,19-20H2,1H3,(H,29,32)(H,33,34)/t26-/m0/s1. The summed E-state index contributed by atoms with van der Waals surface area (Å²) in [6.45, 7) is 1.86. The first-order valence-electron chi connectivity index (χ1n) is 11.6. The second-order valence-electron chi connectivity index (χ2n) is 8.31. The van der Waals surface area contributed by atoms with Crippen LogP contribution >= 0.6 is 11.8 Å². The first-order chi connectivity index (χ1) is 17.0. The summed E-state index contributed by atoms with van der Waals surface area (Å²) >= 11 is 1.55. The third kappa shape index (κ3) is 7.96. The van der Waals surface area contributed by atoms with Gasteiger partial charge in [-0.1, -0.05) is 66.7 Å². The Balaban J connectivity index is 1.88. The average Bonchev–Trinajstić information content (AvgIpc) is 2.87. The number of aliphatic carboxylic acids is 1. The predicted octanol–water partition coefficient (Wildman–Crippen LogP) is 4.28.